The summed E-state index contributed by atoms with van der Waals surface area (Å²) in [5.74, 6) is 0. The molecule has 0 unspecified atom stereocenters. The van der Waals surface area contributed by atoms with Crippen LogP contribution in [0, 0.1) is 0 Å². The van der Waals surface area contributed by atoms with Gasteiger partial charge in [-0.3, -0.25) is 0 Å². The van der Waals surface area contributed by atoms with E-state index < -0.39 is 0 Å². The van der Waals surface area contributed by atoms with Crippen molar-refractivity contribution in [3.8, 4) is 0 Å². The number of aliphatic hydroxyl groups excluding tert-OH is 1. The Morgan fingerprint density at radius 1 is 1.20 bits per heavy atom. The van der Waals surface area contributed by atoms with Gasteiger partial charge in [-0.05, 0) is 12.1 Å². The summed E-state index contributed by atoms with van der Waals surface area (Å²) in [5, 5.41) is 7.79. The molecule has 0 aliphatic carbocycles. The Kier molecular flexibility index (Phi) is 12.4. The molecule has 0 aliphatic heterocycles. The average Bonchev–Trinajstić information content (AvgIpc) is 1.94. The third-order valence-corrected chi connectivity index (χ3v) is 0.985. The number of rotatable bonds is 0. The summed E-state index contributed by atoms with van der Waals surface area (Å²) in [4.78, 5) is 0. The molecule has 0 radical (unpaired) electrons. The number of hydrogen-bond donors (Lipinski definition) is 1. The van der Waals surface area contributed by atoms with Gasteiger partial charge in [0.2, 0.25) is 0 Å². The molecule has 0 amide bonds. The molecule has 0 spiro atoms. The molecule has 0 fully saturated rings. The normalized spacial score (nSPS) is 6.70. The Balaban J connectivity index is -0.000000149. The molecule has 1 aromatic rings. The maximum atomic E-state index is 7.00. The van der Waals surface area contributed by atoms with Crippen molar-refractivity contribution in [2.45, 2.75) is 0 Å². The van der Waals surface area contributed by atoms with Gasteiger partial charge in [0.05, 0.1) is 0 Å². The van der Waals surface area contributed by atoms with Gasteiger partial charge in [-0.2, -0.15) is 0 Å². The Morgan fingerprint density at radius 2 is 1.60 bits per heavy atom. The van der Waals surface area contributed by atoms with E-state index >= 15 is 0 Å². The van der Waals surface area contributed by atoms with Gasteiger partial charge in [-0.25, -0.2) is 0 Å². The van der Waals surface area contributed by atoms with Gasteiger partial charge in [0.1, 0.15) is 0 Å². The molecule has 0 bridgehead atoms. The van der Waals surface area contributed by atoms with E-state index in [1.54, 1.807) is 0 Å². The minimum absolute atomic E-state index is 0. The largest absolute Gasteiger partial charge is 1.00 e. The van der Waals surface area contributed by atoms with E-state index in [1.165, 1.54) is 0 Å². The number of hydrogen-bond acceptors (Lipinski definition) is 1. The second-order valence-corrected chi connectivity index (χ2v) is 1.73. The van der Waals surface area contributed by atoms with Gasteiger partial charge >= 0.3 is 29.6 Å². The van der Waals surface area contributed by atoms with E-state index in [4.69, 9.17) is 16.7 Å². The van der Waals surface area contributed by atoms with Crippen LogP contribution in [-0.2, 0) is 0 Å². The number of benzene rings is 1. The third-order valence-electron chi connectivity index (χ3n) is 0.733. The van der Waals surface area contributed by atoms with E-state index in [0.717, 1.165) is 12.1 Å². The summed E-state index contributed by atoms with van der Waals surface area (Å²) in [6, 6.07) is 9.44. The van der Waals surface area contributed by atoms with Gasteiger partial charge in [-0.1, -0.05) is 29.8 Å². The fourth-order valence-corrected chi connectivity index (χ4v) is 0.560. The van der Waals surface area contributed by atoms with Crippen molar-refractivity contribution in [2.75, 3.05) is 7.11 Å². The first-order valence-corrected chi connectivity index (χ1v) is 2.92. The maximum Gasteiger partial charge on any atom is 1.00 e. The number of aliphatic hydroxyl groups is 1. The number of halogens is 1. The van der Waals surface area contributed by atoms with Gasteiger partial charge < -0.3 is 6.53 Å². The SMILES string of the molecule is CO.Clc1ccccc1.[H-].[Na+]. The fraction of sp³-hybridized carbons (Fsp3) is 0.143. The zero-order valence-corrected chi connectivity index (χ0v) is 8.97. The van der Waals surface area contributed by atoms with Crippen LogP contribution in [-0.4, -0.2) is 12.2 Å². The quantitative estimate of drug-likeness (QED) is 0.496. The standard InChI is InChI=1S/C6H5Cl.CH4O.Na.H/c7-6-4-2-1-3-5-6;1-2;;/h1-5H;2H,1H3;;/q;;+1;-1. The van der Waals surface area contributed by atoms with Crippen LogP contribution in [0.5, 0.6) is 0 Å². The summed E-state index contributed by atoms with van der Waals surface area (Å²) in [6.07, 6.45) is 0. The first kappa shape index (κ1) is 13.1. The molecular weight excluding hydrogens is 159 g/mol. The van der Waals surface area contributed by atoms with Crippen LogP contribution in [0.2, 0.25) is 5.02 Å². The minimum Gasteiger partial charge on any atom is -1.00 e. The summed E-state index contributed by atoms with van der Waals surface area (Å²) in [7, 11) is 1.00. The van der Waals surface area contributed by atoms with Crippen molar-refractivity contribution in [3.05, 3.63) is 35.4 Å². The molecule has 0 saturated carbocycles. The van der Waals surface area contributed by atoms with Gasteiger partial charge in [-0.15, -0.1) is 0 Å². The zero-order valence-electron chi connectivity index (χ0n) is 7.21. The molecule has 0 aliphatic rings. The summed E-state index contributed by atoms with van der Waals surface area (Å²) >= 11 is 5.54. The van der Waals surface area contributed by atoms with Crippen molar-refractivity contribution in [2.24, 2.45) is 0 Å². The Hall–Kier alpha value is 0.470. The van der Waals surface area contributed by atoms with E-state index in [2.05, 4.69) is 0 Å². The summed E-state index contributed by atoms with van der Waals surface area (Å²) in [6.45, 7) is 0. The molecule has 0 atom stereocenters. The van der Waals surface area contributed by atoms with E-state index in [9.17, 15) is 0 Å². The summed E-state index contributed by atoms with van der Waals surface area (Å²) in [5.41, 5.74) is 0. The molecule has 10 heavy (non-hydrogen) atoms. The molecular formula is C7H10ClNaO. The minimum atomic E-state index is 0. The van der Waals surface area contributed by atoms with Crippen molar-refractivity contribution >= 4 is 11.6 Å². The second-order valence-electron chi connectivity index (χ2n) is 1.30. The third kappa shape index (κ3) is 6.59. The predicted molar refractivity (Wildman–Crippen MR) is 40.7 cm³/mol. The predicted octanol–water partition coefficient (Wildman–Crippen LogP) is -0.935. The molecule has 3 heteroatoms. The van der Waals surface area contributed by atoms with Crippen LogP contribution < -0.4 is 29.6 Å². The fourth-order valence-electron chi connectivity index (χ4n) is 0.415. The molecule has 0 saturated heterocycles. The molecule has 1 N–H and O–H groups in total. The van der Waals surface area contributed by atoms with Crippen LogP contribution in [0.25, 0.3) is 0 Å². The van der Waals surface area contributed by atoms with Crippen molar-refractivity contribution in [1.82, 2.24) is 0 Å². The Bertz CT molecular complexity index is 148. The van der Waals surface area contributed by atoms with Crippen molar-refractivity contribution < 1.29 is 36.1 Å². The van der Waals surface area contributed by atoms with Gasteiger partial charge in [0.25, 0.3) is 0 Å². The van der Waals surface area contributed by atoms with Crippen LogP contribution in [0.4, 0.5) is 0 Å². The monoisotopic (exact) mass is 168 g/mol. The first-order valence-electron chi connectivity index (χ1n) is 2.55. The van der Waals surface area contributed by atoms with E-state index in [1.807, 2.05) is 30.3 Å². The maximum absolute atomic E-state index is 7.00. The van der Waals surface area contributed by atoms with Gasteiger partial charge in [0.15, 0.2) is 0 Å². The smallest absolute Gasteiger partial charge is 1.00 e. The van der Waals surface area contributed by atoms with Crippen molar-refractivity contribution in [3.63, 3.8) is 0 Å². The molecule has 0 heterocycles. The van der Waals surface area contributed by atoms with Crippen molar-refractivity contribution in [1.29, 1.82) is 0 Å². The topological polar surface area (TPSA) is 20.2 Å². The first-order chi connectivity index (χ1) is 4.39. The molecule has 52 valence electrons. The Labute approximate surface area is 89.8 Å². The van der Waals surface area contributed by atoms with Crippen LogP contribution in [0.3, 0.4) is 0 Å². The van der Waals surface area contributed by atoms with Crippen LogP contribution in [0.15, 0.2) is 30.3 Å². The van der Waals surface area contributed by atoms with E-state index in [0.29, 0.717) is 0 Å². The van der Waals surface area contributed by atoms with Gasteiger partial charge in [0, 0.05) is 12.1 Å². The molecule has 1 aromatic carbocycles. The Morgan fingerprint density at radius 3 is 1.80 bits per heavy atom. The molecule has 0 aromatic heterocycles. The summed E-state index contributed by atoms with van der Waals surface area (Å²) < 4.78 is 0. The molecule has 1 rings (SSSR count). The van der Waals surface area contributed by atoms with Crippen LogP contribution in [0.1, 0.15) is 1.43 Å². The molecule has 1 nitrogen and oxygen atoms in total. The second kappa shape index (κ2) is 9.47. The zero-order chi connectivity index (χ0) is 7.11. The van der Waals surface area contributed by atoms with E-state index in [-0.39, 0.29) is 31.0 Å². The van der Waals surface area contributed by atoms with Crippen LogP contribution >= 0.6 is 11.6 Å². The average molecular weight is 169 g/mol.